The van der Waals surface area contributed by atoms with Crippen LogP contribution in [-0.4, -0.2) is 62.4 Å². The quantitative estimate of drug-likeness (QED) is 0.596. The van der Waals surface area contributed by atoms with Crippen LogP contribution in [0.2, 0.25) is 10.0 Å². The Bertz CT molecular complexity index is 922. The molecule has 30 heavy (non-hydrogen) atoms. The topological polar surface area (TPSA) is 70.1 Å². The number of hydrogen-bond acceptors (Lipinski definition) is 6. The second kappa shape index (κ2) is 10.5. The number of ether oxygens (including phenoxy) is 4. The van der Waals surface area contributed by atoms with Gasteiger partial charge in [-0.15, -0.1) is 0 Å². The van der Waals surface area contributed by atoms with E-state index in [9.17, 15) is 4.79 Å². The highest BCUT2D eigenvalue weighted by Gasteiger charge is 2.24. The van der Waals surface area contributed by atoms with E-state index in [2.05, 4.69) is 4.98 Å². The zero-order valence-corrected chi connectivity index (χ0v) is 18.2. The van der Waals surface area contributed by atoms with Crippen molar-refractivity contribution < 1.29 is 23.7 Å². The summed E-state index contributed by atoms with van der Waals surface area (Å²) in [5.41, 5.74) is 0.657. The first-order valence-electron chi connectivity index (χ1n) is 9.24. The predicted molar refractivity (Wildman–Crippen MR) is 115 cm³/mol. The van der Waals surface area contributed by atoms with Gasteiger partial charge in [0.2, 0.25) is 5.91 Å². The molecule has 1 fully saturated rings. The maximum atomic E-state index is 12.6. The van der Waals surface area contributed by atoms with Gasteiger partial charge in [-0.3, -0.25) is 9.78 Å². The Hall–Kier alpha value is -2.48. The highest BCUT2D eigenvalue weighted by molar-refractivity contribution is 6.34. The summed E-state index contributed by atoms with van der Waals surface area (Å²) in [6.07, 6.45) is 6.00. The van der Waals surface area contributed by atoms with Crippen LogP contribution < -0.4 is 14.2 Å². The lowest BCUT2D eigenvalue weighted by Crippen LogP contribution is -2.47. The number of nitrogens with zero attached hydrogens (tertiary/aromatic N) is 2. The van der Waals surface area contributed by atoms with E-state index in [1.165, 1.54) is 26.5 Å². The van der Waals surface area contributed by atoms with Gasteiger partial charge in [0.15, 0.2) is 11.5 Å². The molecule has 0 N–H and O–H groups in total. The number of carbonyl (C=O) groups is 1. The number of hydrogen-bond donors (Lipinski definition) is 0. The van der Waals surface area contributed by atoms with Crippen LogP contribution in [0.15, 0.2) is 36.7 Å². The first-order valence-corrected chi connectivity index (χ1v) is 9.99. The van der Waals surface area contributed by atoms with Gasteiger partial charge in [-0.1, -0.05) is 23.2 Å². The summed E-state index contributed by atoms with van der Waals surface area (Å²) < 4.78 is 21.9. The smallest absolute Gasteiger partial charge is 0.246 e. The molecule has 1 aliphatic rings. The summed E-state index contributed by atoms with van der Waals surface area (Å²) in [4.78, 5) is 18.3. The molecular weight excluding hydrogens is 431 g/mol. The van der Waals surface area contributed by atoms with Crippen LogP contribution in [0.3, 0.4) is 0 Å². The van der Waals surface area contributed by atoms with Gasteiger partial charge in [0.1, 0.15) is 18.5 Å². The lowest BCUT2D eigenvalue weighted by atomic mass is 10.1. The second-order valence-corrected chi connectivity index (χ2v) is 7.28. The van der Waals surface area contributed by atoms with Gasteiger partial charge in [0.25, 0.3) is 0 Å². The van der Waals surface area contributed by atoms with Gasteiger partial charge >= 0.3 is 0 Å². The summed E-state index contributed by atoms with van der Waals surface area (Å²) >= 11 is 12.3. The van der Waals surface area contributed by atoms with Crippen molar-refractivity contribution in [1.29, 1.82) is 0 Å². The molecule has 1 unspecified atom stereocenters. The van der Waals surface area contributed by atoms with Crippen molar-refractivity contribution in [2.75, 3.05) is 40.5 Å². The molecule has 0 radical (unpaired) electrons. The maximum absolute atomic E-state index is 12.6. The summed E-state index contributed by atoms with van der Waals surface area (Å²) in [6, 6.07) is 5.18. The van der Waals surface area contributed by atoms with Crippen LogP contribution in [0.25, 0.3) is 6.08 Å². The predicted octanol–water partition coefficient (Wildman–Crippen LogP) is 3.73. The monoisotopic (exact) mass is 452 g/mol. The number of morpholine rings is 1. The highest BCUT2D eigenvalue weighted by atomic mass is 35.5. The molecule has 1 atom stereocenters. The van der Waals surface area contributed by atoms with Crippen molar-refractivity contribution in [1.82, 2.24) is 9.88 Å². The van der Waals surface area contributed by atoms with Gasteiger partial charge in [-0.25, -0.2) is 0 Å². The number of pyridine rings is 1. The van der Waals surface area contributed by atoms with Crippen LogP contribution in [0, 0.1) is 0 Å². The van der Waals surface area contributed by atoms with E-state index < -0.39 is 0 Å². The summed E-state index contributed by atoms with van der Waals surface area (Å²) in [6.45, 7) is 1.63. The molecule has 0 saturated carbocycles. The first-order chi connectivity index (χ1) is 14.5. The fraction of sp³-hybridized carbons (Fsp3) is 0.333. The van der Waals surface area contributed by atoms with Gasteiger partial charge in [-0.05, 0) is 23.8 Å². The lowest BCUT2D eigenvalue weighted by molar-refractivity contribution is -0.134. The van der Waals surface area contributed by atoms with E-state index in [0.29, 0.717) is 52.6 Å². The van der Waals surface area contributed by atoms with Gasteiger partial charge < -0.3 is 23.8 Å². The lowest BCUT2D eigenvalue weighted by Gasteiger charge is -2.32. The van der Waals surface area contributed by atoms with Gasteiger partial charge in [0.05, 0.1) is 43.6 Å². The molecule has 0 spiro atoms. The Kier molecular flexibility index (Phi) is 7.79. The van der Waals surface area contributed by atoms with E-state index in [0.717, 1.165) is 0 Å². The number of benzene rings is 1. The fourth-order valence-electron chi connectivity index (χ4n) is 2.98. The minimum atomic E-state index is -0.250. The van der Waals surface area contributed by atoms with E-state index in [1.54, 1.807) is 35.4 Å². The molecule has 1 saturated heterocycles. The number of rotatable bonds is 7. The number of carbonyl (C=O) groups excluding carboxylic acids is 1. The summed E-state index contributed by atoms with van der Waals surface area (Å²) in [7, 11) is 3.05. The molecular formula is C21H22Cl2N2O5. The van der Waals surface area contributed by atoms with Crippen molar-refractivity contribution in [3.63, 3.8) is 0 Å². The minimum absolute atomic E-state index is 0.140. The molecule has 2 aromatic rings. The normalized spacial score (nSPS) is 16.5. The Morgan fingerprint density at radius 1 is 1.30 bits per heavy atom. The molecule has 0 bridgehead atoms. The first kappa shape index (κ1) is 22.2. The van der Waals surface area contributed by atoms with Crippen molar-refractivity contribution in [2.24, 2.45) is 0 Å². The standard InChI is InChI=1S/C21H22Cl2N2O5/c1-27-18-5-3-14(20(23)21(18)28-2)4-6-19(26)25-7-8-29-17(12-25)13-30-16-9-15(22)10-24-11-16/h3-6,9-11,17H,7-8,12-13H2,1-2H3/b6-4+. The number of halogens is 2. The zero-order valence-electron chi connectivity index (χ0n) is 16.6. The number of aromatic nitrogens is 1. The summed E-state index contributed by atoms with van der Waals surface area (Å²) in [5.74, 6) is 1.36. The third kappa shape index (κ3) is 5.56. The highest BCUT2D eigenvalue weighted by Crippen LogP contribution is 2.37. The van der Waals surface area contributed by atoms with Crippen LogP contribution in [0.1, 0.15) is 5.56 Å². The molecule has 7 nitrogen and oxygen atoms in total. The Morgan fingerprint density at radius 3 is 2.87 bits per heavy atom. The molecule has 1 aliphatic heterocycles. The van der Waals surface area contributed by atoms with E-state index in [4.69, 9.17) is 42.1 Å². The second-order valence-electron chi connectivity index (χ2n) is 6.46. The van der Waals surface area contributed by atoms with Crippen LogP contribution in [0.5, 0.6) is 17.2 Å². The molecule has 160 valence electrons. The molecule has 2 heterocycles. The molecule has 1 amide bonds. The van der Waals surface area contributed by atoms with E-state index >= 15 is 0 Å². The molecule has 1 aromatic heterocycles. The summed E-state index contributed by atoms with van der Waals surface area (Å²) in [5, 5.41) is 0.872. The Labute approximate surface area is 185 Å². The van der Waals surface area contributed by atoms with E-state index in [-0.39, 0.29) is 18.6 Å². The maximum Gasteiger partial charge on any atom is 0.246 e. The average Bonchev–Trinajstić information content (AvgIpc) is 2.76. The third-order valence-electron chi connectivity index (χ3n) is 4.49. The van der Waals surface area contributed by atoms with Crippen LogP contribution in [0.4, 0.5) is 0 Å². The fourth-order valence-corrected chi connectivity index (χ4v) is 3.44. The van der Waals surface area contributed by atoms with Gasteiger partial charge in [0, 0.05) is 24.9 Å². The van der Waals surface area contributed by atoms with E-state index in [1.807, 2.05) is 0 Å². The van der Waals surface area contributed by atoms with Crippen molar-refractivity contribution in [3.8, 4) is 17.2 Å². The zero-order chi connectivity index (χ0) is 21.5. The molecule has 3 rings (SSSR count). The number of amides is 1. The van der Waals surface area contributed by atoms with Crippen molar-refractivity contribution in [3.05, 3.63) is 52.3 Å². The van der Waals surface area contributed by atoms with Crippen molar-refractivity contribution >= 4 is 35.2 Å². The van der Waals surface area contributed by atoms with Crippen molar-refractivity contribution in [2.45, 2.75) is 6.10 Å². The van der Waals surface area contributed by atoms with Gasteiger partial charge in [-0.2, -0.15) is 0 Å². The molecule has 1 aromatic carbocycles. The molecule has 0 aliphatic carbocycles. The third-order valence-corrected chi connectivity index (χ3v) is 5.08. The minimum Gasteiger partial charge on any atom is -0.493 e. The van der Waals surface area contributed by atoms with Crippen LogP contribution >= 0.6 is 23.2 Å². The molecule has 9 heteroatoms. The van der Waals surface area contributed by atoms with Crippen LogP contribution in [-0.2, 0) is 9.53 Å². The SMILES string of the molecule is COc1ccc(/C=C/C(=O)N2CCOC(COc3cncc(Cl)c3)C2)c(Cl)c1OC. The average molecular weight is 453 g/mol. The Balaban J connectivity index is 1.60. The largest absolute Gasteiger partial charge is 0.493 e. The number of methoxy groups -OCH3 is 2. The Morgan fingerprint density at radius 2 is 2.13 bits per heavy atom.